The summed E-state index contributed by atoms with van der Waals surface area (Å²) in [5.74, 6) is -0.979. The van der Waals surface area contributed by atoms with Gasteiger partial charge in [-0.1, -0.05) is 24.6 Å². The monoisotopic (exact) mass is 384 g/mol. The van der Waals surface area contributed by atoms with E-state index in [1.165, 1.54) is 0 Å². The highest BCUT2D eigenvalue weighted by atomic mass is 28.4. The van der Waals surface area contributed by atoms with Gasteiger partial charge in [0.1, 0.15) is 13.2 Å². The van der Waals surface area contributed by atoms with Crippen LogP contribution in [0.5, 0.6) is 0 Å². The molecule has 0 saturated heterocycles. The second-order valence-electron chi connectivity index (χ2n) is 6.64. The van der Waals surface area contributed by atoms with Crippen molar-refractivity contribution in [2.45, 2.75) is 40.0 Å². The van der Waals surface area contributed by atoms with Crippen LogP contribution in [0, 0.1) is 0 Å². The predicted molar refractivity (Wildman–Crippen MR) is 108 cm³/mol. The number of esters is 2. The van der Waals surface area contributed by atoms with E-state index in [2.05, 4.69) is 62.0 Å². The lowest BCUT2D eigenvalue weighted by Crippen LogP contribution is -2.41. The highest BCUT2D eigenvalue weighted by molar-refractivity contribution is 6.90. The standard InChI is InChI=1S/C10H14O4.C8H18OSi2/c1-7(2)9(11)13-5-6-14-10(12)8(3)4;1-7-11(6,8-2)9-10(3,4)5/h1,3,5-6H2,2,4H3;7-8H,1-2H2,3-6H3. The molecule has 0 bridgehead atoms. The zero-order chi connectivity index (χ0) is 20.3. The highest BCUT2D eigenvalue weighted by Gasteiger charge is 2.28. The summed E-state index contributed by atoms with van der Waals surface area (Å²) in [6.45, 7) is 26.2. The smallest absolute Gasteiger partial charge is 0.333 e. The number of ether oxygens (including phenoxy) is 2. The summed E-state index contributed by atoms with van der Waals surface area (Å²) in [6.07, 6.45) is 0. The van der Waals surface area contributed by atoms with Crippen molar-refractivity contribution in [1.82, 2.24) is 0 Å². The van der Waals surface area contributed by atoms with Crippen LogP contribution in [0.3, 0.4) is 0 Å². The average Bonchev–Trinajstić information content (AvgIpc) is 2.49. The van der Waals surface area contributed by atoms with Gasteiger partial charge in [0, 0.05) is 11.1 Å². The van der Waals surface area contributed by atoms with Gasteiger partial charge in [0.15, 0.2) is 8.32 Å². The summed E-state index contributed by atoms with van der Waals surface area (Å²) >= 11 is 0. The van der Waals surface area contributed by atoms with Gasteiger partial charge in [-0.2, -0.15) is 0 Å². The quantitative estimate of drug-likeness (QED) is 0.259. The Morgan fingerprint density at radius 3 is 1.32 bits per heavy atom. The molecule has 5 nitrogen and oxygen atoms in total. The Morgan fingerprint density at radius 1 is 0.840 bits per heavy atom. The molecule has 0 fully saturated rings. The fourth-order valence-corrected chi connectivity index (χ4v) is 7.45. The molecule has 142 valence electrons. The van der Waals surface area contributed by atoms with Crippen molar-refractivity contribution in [3.63, 3.8) is 0 Å². The van der Waals surface area contributed by atoms with Crippen LogP contribution in [0.15, 0.2) is 48.9 Å². The van der Waals surface area contributed by atoms with Crippen molar-refractivity contribution >= 4 is 28.6 Å². The molecular formula is C18H32O5Si2. The number of carbonyl (C=O) groups excluding carboxylic acids is 2. The third kappa shape index (κ3) is 14.4. The first-order chi connectivity index (χ1) is 11.3. The first kappa shape index (κ1) is 25.5. The second-order valence-corrected chi connectivity index (χ2v) is 14.9. The second kappa shape index (κ2) is 11.8. The van der Waals surface area contributed by atoms with Gasteiger partial charge in [-0.25, -0.2) is 9.59 Å². The maximum absolute atomic E-state index is 10.8. The summed E-state index contributed by atoms with van der Waals surface area (Å²) < 4.78 is 15.3. The third-order valence-corrected chi connectivity index (χ3v) is 8.41. The Balaban J connectivity index is 0. The molecule has 25 heavy (non-hydrogen) atoms. The molecule has 0 N–H and O–H groups in total. The van der Waals surface area contributed by atoms with Crippen LogP contribution in [-0.2, 0) is 23.2 Å². The molecule has 0 aliphatic heterocycles. The maximum Gasteiger partial charge on any atom is 0.333 e. The van der Waals surface area contributed by atoms with E-state index in [-0.39, 0.29) is 13.2 Å². The van der Waals surface area contributed by atoms with Gasteiger partial charge in [-0.3, -0.25) is 0 Å². The average molecular weight is 385 g/mol. The molecule has 0 aromatic heterocycles. The van der Waals surface area contributed by atoms with Crippen molar-refractivity contribution < 1.29 is 23.2 Å². The van der Waals surface area contributed by atoms with Gasteiger partial charge in [0.25, 0.3) is 0 Å². The number of hydrogen-bond donors (Lipinski definition) is 0. The molecule has 0 aromatic carbocycles. The normalized spacial score (nSPS) is 10.6. The van der Waals surface area contributed by atoms with Crippen LogP contribution in [-0.4, -0.2) is 41.8 Å². The molecule has 0 heterocycles. The van der Waals surface area contributed by atoms with E-state index in [4.69, 9.17) is 4.12 Å². The van der Waals surface area contributed by atoms with Crippen LogP contribution in [0.4, 0.5) is 0 Å². The molecule has 0 radical (unpaired) electrons. The number of hydrogen-bond acceptors (Lipinski definition) is 5. The molecule has 0 saturated carbocycles. The lowest BCUT2D eigenvalue weighted by atomic mass is 10.4. The van der Waals surface area contributed by atoms with Crippen molar-refractivity contribution in [3.05, 3.63) is 48.9 Å². The molecular weight excluding hydrogens is 352 g/mol. The molecule has 0 aromatic rings. The van der Waals surface area contributed by atoms with E-state index in [1.54, 1.807) is 13.8 Å². The topological polar surface area (TPSA) is 61.8 Å². The van der Waals surface area contributed by atoms with Gasteiger partial charge in [0.2, 0.25) is 8.32 Å². The maximum atomic E-state index is 10.8. The minimum atomic E-state index is -1.74. The lowest BCUT2D eigenvalue weighted by Gasteiger charge is -2.29. The zero-order valence-corrected chi connectivity index (χ0v) is 18.4. The Hall–Kier alpha value is -1.71. The molecule has 0 rings (SSSR count). The molecule has 7 heteroatoms. The van der Waals surface area contributed by atoms with Crippen LogP contribution in [0.25, 0.3) is 0 Å². The zero-order valence-electron chi connectivity index (χ0n) is 16.4. The molecule has 0 aliphatic rings. The minimum absolute atomic E-state index is 0.0325. The number of rotatable bonds is 9. The van der Waals surface area contributed by atoms with Crippen LogP contribution >= 0.6 is 0 Å². The number of carbonyl (C=O) groups is 2. The van der Waals surface area contributed by atoms with E-state index < -0.39 is 28.6 Å². The van der Waals surface area contributed by atoms with Gasteiger partial charge in [-0.05, 0) is 40.0 Å². The summed E-state index contributed by atoms with van der Waals surface area (Å²) in [7, 11) is -3.16. The van der Waals surface area contributed by atoms with Crippen molar-refractivity contribution in [3.8, 4) is 0 Å². The first-order valence-corrected chi connectivity index (χ1v) is 13.9. The lowest BCUT2D eigenvalue weighted by molar-refractivity contribution is -0.147. The Kier molecular flexibility index (Phi) is 12.0. The van der Waals surface area contributed by atoms with Gasteiger partial charge in [0.05, 0.1) is 0 Å². The third-order valence-electron chi connectivity index (χ3n) is 2.58. The molecule has 0 aliphatic carbocycles. The Bertz CT molecular complexity index is 482. The minimum Gasteiger partial charge on any atom is -0.459 e. The van der Waals surface area contributed by atoms with Crippen molar-refractivity contribution in [2.75, 3.05) is 13.2 Å². The molecule has 0 spiro atoms. The fourth-order valence-electron chi connectivity index (χ4n) is 1.34. The largest absolute Gasteiger partial charge is 0.459 e. The van der Waals surface area contributed by atoms with Gasteiger partial charge >= 0.3 is 11.9 Å². The van der Waals surface area contributed by atoms with Gasteiger partial charge in [-0.15, -0.1) is 13.2 Å². The molecule has 0 unspecified atom stereocenters. The van der Waals surface area contributed by atoms with E-state index in [1.807, 2.05) is 11.4 Å². The Morgan fingerprint density at radius 2 is 1.16 bits per heavy atom. The first-order valence-electron chi connectivity index (χ1n) is 7.90. The van der Waals surface area contributed by atoms with E-state index in [0.717, 1.165) is 0 Å². The van der Waals surface area contributed by atoms with Crippen molar-refractivity contribution in [1.29, 1.82) is 0 Å². The fraction of sp³-hybridized carbons (Fsp3) is 0.444. The van der Waals surface area contributed by atoms with Crippen LogP contribution in [0.2, 0.25) is 26.2 Å². The Labute approximate surface area is 154 Å². The van der Waals surface area contributed by atoms with Crippen LogP contribution < -0.4 is 0 Å². The SMILES string of the molecule is C=C(C)C(=O)OCCOC(=O)C(=C)C.C=C[Si](C)(C=C)O[Si](C)(C)C. The summed E-state index contributed by atoms with van der Waals surface area (Å²) in [6, 6.07) is 0. The van der Waals surface area contributed by atoms with Crippen molar-refractivity contribution in [2.24, 2.45) is 0 Å². The molecule has 0 amide bonds. The van der Waals surface area contributed by atoms with E-state index >= 15 is 0 Å². The molecule has 0 atom stereocenters. The predicted octanol–water partition coefficient (Wildman–Crippen LogP) is 4.09. The van der Waals surface area contributed by atoms with Gasteiger partial charge < -0.3 is 13.6 Å². The summed E-state index contributed by atoms with van der Waals surface area (Å²) in [5.41, 5.74) is 4.49. The van der Waals surface area contributed by atoms with Crippen LogP contribution in [0.1, 0.15) is 13.8 Å². The highest BCUT2D eigenvalue weighted by Crippen LogP contribution is 2.15. The summed E-state index contributed by atoms with van der Waals surface area (Å²) in [4.78, 5) is 21.7. The van der Waals surface area contributed by atoms with E-state index in [9.17, 15) is 9.59 Å². The summed E-state index contributed by atoms with van der Waals surface area (Å²) in [5, 5.41) is 0. The van der Waals surface area contributed by atoms with E-state index in [0.29, 0.717) is 11.1 Å².